The van der Waals surface area contributed by atoms with Crippen molar-refractivity contribution >= 4 is 46.1 Å². The van der Waals surface area contributed by atoms with Crippen molar-refractivity contribution in [3.63, 3.8) is 0 Å². The number of hydrogen-bond acceptors (Lipinski definition) is 5. The lowest BCUT2D eigenvalue weighted by molar-refractivity contribution is -0.123. The van der Waals surface area contributed by atoms with Gasteiger partial charge in [0.15, 0.2) is 5.16 Å². The Labute approximate surface area is 160 Å². The maximum absolute atomic E-state index is 12.8. The fourth-order valence-electron chi connectivity index (χ4n) is 2.24. The average molecular weight is 397 g/mol. The summed E-state index contributed by atoms with van der Waals surface area (Å²) in [5.74, 6) is -0.534. The van der Waals surface area contributed by atoms with Gasteiger partial charge in [-0.25, -0.2) is 4.98 Å². The molecule has 2 rings (SSSR count). The molecular weight excluding hydrogens is 376 g/mol. The van der Waals surface area contributed by atoms with Crippen LogP contribution in [-0.2, 0) is 16.1 Å². The van der Waals surface area contributed by atoms with Crippen molar-refractivity contribution in [2.24, 2.45) is 11.7 Å². The van der Waals surface area contributed by atoms with Crippen molar-refractivity contribution in [3.8, 4) is 0 Å². The summed E-state index contributed by atoms with van der Waals surface area (Å²) < 4.78 is 1.59. The van der Waals surface area contributed by atoms with Gasteiger partial charge in [-0.2, -0.15) is 0 Å². The molecule has 0 fully saturated rings. The highest BCUT2D eigenvalue weighted by Gasteiger charge is 2.14. The summed E-state index contributed by atoms with van der Waals surface area (Å²) in [5, 5.41) is 3.83. The number of amides is 2. The van der Waals surface area contributed by atoms with Crippen molar-refractivity contribution in [1.29, 1.82) is 0 Å². The van der Waals surface area contributed by atoms with Gasteiger partial charge < -0.3 is 11.1 Å². The van der Waals surface area contributed by atoms with Crippen LogP contribution in [0.25, 0.3) is 10.9 Å². The number of benzene rings is 1. The Hall–Kier alpha value is -2.06. The number of nitrogens with two attached hydrogens (primary N) is 1. The van der Waals surface area contributed by atoms with E-state index in [1.165, 1.54) is 0 Å². The van der Waals surface area contributed by atoms with Gasteiger partial charge in [-0.1, -0.05) is 37.2 Å². The molecule has 0 radical (unpaired) electrons. The van der Waals surface area contributed by atoms with Crippen LogP contribution in [0.3, 0.4) is 0 Å². The number of rotatable bonds is 8. The smallest absolute Gasteiger partial charge is 0.262 e. The Balaban J connectivity index is 2.31. The molecule has 0 aliphatic rings. The maximum atomic E-state index is 12.8. The summed E-state index contributed by atoms with van der Waals surface area (Å²) in [6.45, 7) is 4.43. The van der Waals surface area contributed by atoms with E-state index >= 15 is 0 Å². The molecule has 1 aromatic carbocycles. The molecule has 26 heavy (non-hydrogen) atoms. The van der Waals surface area contributed by atoms with Crippen LogP contribution in [0.5, 0.6) is 0 Å². The molecule has 0 saturated heterocycles. The highest BCUT2D eigenvalue weighted by atomic mass is 35.5. The van der Waals surface area contributed by atoms with E-state index in [0.717, 1.165) is 18.2 Å². The molecule has 2 amide bonds. The number of nitrogens with zero attached hydrogens (tertiary/aromatic N) is 2. The van der Waals surface area contributed by atoms with Gasteiger partial charge in [-0.15, -0.1) is 0 Å². The van der Waals surface area contributed by atoms with Gasteiger partial charge in [0.2, 0.25) is 11.8 Å². The van der Waals surface area contributed by atoms with Crippen LogP contribution in [0.15, 0.2) is 28.2 Å². The molecule has 3 N–H and O–H groups in total. The predicted octanol–water partition coefficient (Wildman–Crippen LogP) is 1.79. The minimum Gasteiger partial charge on any atom is -0.368 e. The Bertz CT molecular complexity index is 882. The van der Waals surface area contributed by atoms with Crippen molar-refractivity contribution < 1.29 is 9.59 Å². The number of carbonyl (C=O) groups is 2. The Morgan fingerprint density at radius 3 is 2.77 bits per heavy atom. The van der Waals surface area contributed by atoms with Crippen LogP contribution in [0.2, 0.25) is 5.02 Å². The van der Waals surface area contributed by atoms with Crippen molar-refractivity contribution in [2.75, 3.05) is 12.3 Å². The van der Waals surface area contributed by atoms with Crippen LogP contribution in [-0.4, -0.2) is 33.7 Å². The highest BCUT2D eigenvalue weighted by molar-refractivity contribution is 7.99. The molecule has 9 heteroatoms. The van der Waals surface area contributed by atoms with Crippen LogP contribution in [0.4, 0.5) is 0 Å². The second-order valence-electron chi connectivity index (χ2n) is 6.23. The minimum atomic E-state index is -0.615. The molecule has 0 atom stereocenters. The largest absolute Gasteiger partial charge is 0.368 e. The second kappa shape index (κ2) is 9.05. The minimum absolute atomic E-state index is 0.0213. The number of thioether (sulfide) groups is 1. The molecule has 7 nitrogen and oxygen atoms in total. The summed E-state index contributed by atoms with van der Waals surface area (Å²) in [4.78, 5) is 39.9. The van der Waals surface area contributed by atoms with E-state index in [2.05, 4.69) is 24.1 Å². The van der Waals surface area contributed by atoms with E-state index in [1.807, 2.05) is 0 Å². The van der Waals surface area contributed by atoms with E-state index in [1.54, 1.807) is 22.8 Å². The second-order valence-corrected chi connectivity index (χ2v) is 7.61. The Morgan fingerprint density at radius 2 is 2.12 bits per heavy atom. The SMILES string of the molecule is CC(C)CCn1c(SCC(=O)NCC(N)=O)nc2cc(Cl)ccc2c1=O. The van der Waals surface area contributed by atoms with Gasteiger partial charge in [0.25, 0.3) is 5.56 Å². The van der Waals surface area contributed by atoms with Crippen molar-refractivity contribution in [2.45, 2.75) is 32.0 Å². The first kappa shape index (κ1) is 20.3. The molecule has 0 spiro atoms. The third-order valence-corrected chi connectivity index (χ3v) is 4.82. The molecule has 140 valence electrons. The summed E-state index contributed by atoms with van der Waals surface area (Å²) in [5.41, 5.74) is 5.33. The number of carbonyl (C=O) groups excluding carboxylic acids is 2. The van der Waals surface area contributed by atoms with E-state index < -0.39 is 5.91 Å². The van der Waals surface area contributed by atoms with Gasteiger partial charge >= 0.3 is 0 Å². The van der Waals surface area contributed by atoms with Crippen LogP contribution >= 0.6 is 23.4 Å². The number of nitrogens with one attached hydrogen (secondary N) is 1. The first-order valence-corrected chi connectivity index (χ1v) is 9.52. The first-order chi connectivity index (χ1) is 12.3. The molecule has 0 bridgehead atoms. The van der Waals surface area contributed by atoms with E-state index in [-0.39, 0.29) is 23.8 Å². The Morgan fingerprint density at radius 1 is 1.38 bits per heavy atom. The third-order valence-electron chi connectivity index (χ3n) is 3.60. The number of hydrogen-bond donors (Lipinski definition) is 2. The average Bonchev–Trinajstić information content (AvgIpc) is 2.56. The number of halogens is 1. The standard InChI is InChI=1S/C17H21ClN4O3S/c1-10(2)5-6-22-16(25)12-4-3-11(18)7-13(12)21-17(22)26-9-15(24)20-8-14(19)23/h3-4,7,10H,5-6,8-9H2,1-2H3,(H2,19,23)(H,20,24). The van der Waals surface area contributed by atoms with Gasteiger partial charge in [-0.05, 0) is 30.5 Å². The van der Waals surface area contributed by atoms with Crippen molar-refractivity contribution in [3.05, 3.63) is 33.6 Å². The Kier molecular flexibility index (Phi) is 7.05. The zero-order chi connectivity index (χ0) is 19.3. The van der Waals surface area contributed by atoms with E-state index in [9.17, 15) is 14.4 Å². The van der Waals surface area contributed by atoms with Crippen molar-refractivity contribution in [1.82, 2.24) is 14.9 Å². The van der Waals surface area contributed by atoms with Crippen LogP contribution in [0, 0.1) is 5.92 Å². The lowest BCUT2D eigenvalue weighted by atomic mass is 10.1. The molecule has 0 aliphatic heterocycles. The summed E-state index contributed by atoms with van der Waals surface area (Å²) in [6, 6.07) is 4.94. The number of fused-ring (bicyclic) bond motifs is 1. The number of primary amides is 1. The van der Waals surface area contributed by atoms with Gasteiger partial charge in [0.05, 0.1) is 23.2 Å². The fourth-order valence-corrected chi connectivity index (χ4v) is 3.26. The predicted molar refractivity (Wildman–Crippen MR) is 103 cm³/mol. The highest BCUT2D eigenvalue weighted by Crippen LogP contribution is 2.21. The van der Waals surface area contributed by atoms with Gasteiger partial charge in [0.1, 0.15) is 0 Å². The summed E-state index contributed by atoms with van der Waals surface area (Å²) in [7, 11) is 0. The normalized spacial score (nSPS) is 11.1. The monoisotopic (exact) mass is 396 g/mol. The lowest BCUT2D eigenvalue weighted by Crippen LogP contribution is -2.34. The summed E-state index contributed by atoms with van der Waals surface area (Å²) >= 11 is 7.14. The molecule has 1 heterocycles. The molecule has 0 unspecified atom stereocenters. The third kappa shape index (κ3) is 5.47. The van der Waals surface area contributed by atoms with Crippen LogP contribution in [0.1, 0.15) is 20.3 Å². The van der Waals surface area contributed by atoms with E-state index in [0.29, 0.717) is 33.5 Å². The molecule has 0 aliphatic carbocycles. The zero-order valence-corrected chi connectivity index (χ0v) is 16.2. The topological polar surface area (TPSA) is 107 Å². The molecular formula is C17H21ClN4O3S. The van der Waals surface area contributed by atoms with Gasteiger partial charge in [0, 0.05) is 11.6 Å². The maximum Gasteiger partial charge on any atom is 0.262 e. The lowest BCUT2D eigenvalue weighted by Gasteiger charge is -2.14. The number of aromatic nitrogens is 2. The summed E-state index contributed by atoms with van der Waals surface area (Å²) in [6.07, 6.45) is 0.808. The first-order valence-electron chi connectivity index (χ1n) is 8.16. The fraction of sp³-hybridized carbons (Fsp3) is 0.412. The molecule has 1 aromatic heterocycles. The molecule has 2 aromatic rings. The zero-order valence-electron chi connectivity index (χ0n) is 14.6. The van der Waals surface area contributed by atoms with E-state index in [4.69, 9.17) is 17.3 Å². The quantitative estimate of drug-likeness (QED) is 0.522. The van der Waals surface area contributed by atoms with Gasteiger partial charge in [-0.3, -0.25) is 19.0 Å². The van der Waals surface area contributed by atoms with Crippen LogP contribution < -0.4 is 16.6 Å². The molecule has 0 saturated carbocycles.